The molecule has 0 atom stereocenters. The van der Waals surface area contributed by atoms with Crippen LogP contribution in [0.1, 0.15) is 5.89 Å². The topological polar surface area (TPSA) is 82.5 Å². The van der Waals surface area contributed by atoms with Gasteiger partial charge >= 0.3 is 0 Å². The first-order valence-electron chi connectivity index (χ1n) is 7.29. The second kappa shape index (κ2) is 6.40. The van der Waals surface area contributed by atoms with Gasteiger partial charge in [0, 0.05) is 16.1 Å². The molecule has 0 fully saturated rings. The summed E-state index contributed by atoms with van der Waals surface area (Å²) in [6.45, 7) is 0.175. The van der Waals surface area contributed by atoms with Gasteiger partial charge in [-0.2, -0.15) is 4.80 Å². The highest BCUT2D eigenvalue weighted by molar-refractivity contribution is 6.30. The quantitative estimate of drug-likeness (QED) is 0.558. The van der Waals surface area contributed by atoms with Crippen molar-refractivity contribution in [1.82, 2.24) is 30.4 Å². The first-order valence-corrected chi connectivity index (χ1v) is 7.67. The lowest BCUT2D eigenvalue weighted by atomic mass is 10.2. The molecule has 0 amide bonds. The van der Waals surface area contributed by atoms with Crippen molar-refractivity contribution in [3.8, 4) is 22.8 Å². The van der Waals surface area contributed by atoms with Gasteiger partial charge in [0.25, 0.3) is 0 Å². The molecular weight excluding hydrogens is 347 g/mol. The Morgan fingerprint density at radius 1 is 0.920 bits per heavy atom. The van der Waals surface area contributed by atoms with Crippen LogP contribution in [0.25, 0.3) is 22.8 Å². The maximum Gasteiger partial charge on any atom is 0.247 e. The van der Waals surface area contributed by atoms with Crippen LogP contribution >= 0.6 is 11.6 Å². The number of aromatic nitrogens is 6. The third-order valence-corrected chi connectivity index (χ3v) is 3.64. The Kier molecular flexibility index (Phi) is 3.95. The number of halogens is 2. The first kappa shape index (κ1) is 15.4. The summed E-state index contributed by atoms with van der Waals surface area (Å²) in [6, 6.07) is 12.9. The van der Waals surface area contributed by atoms with Gasteiger partial charge in [-0.3, -0.25) is 0 Å². The smallest absolute Gasteiger partial charge is 0.247 e. The van der Waals surface area contributed by atoms with Crippen LogP contribution in [0.4, 0.5) is 4.39 Å². The van der Waals surface area contributed by atoms with Crippen LogP contribution in [-0.4, -0.2) is 30.4 Å². The SMILES string of the molecule is Fc1ccc(-c2nnn(Cc3nnc(-c4ccc(Cl)cc4)o3)n2)cc1. The molecule has 7 nitrogen and oxygen atoms in total. The lowest BCUT2D eigenvalue weighted by Crippen LogP contribution is -2.04. The van der Waals surface area contributed by atoms with Crippen LogP contribution in [-0.2, 0) is 6.54 Å². The monoisotopic (exact) mass is 356 g/mol. The van der Waals surface area contributed by atoms with Crippen molar-refractivity contribution in [1.29, 1.82) is 0 Å². The Morgan fingerprint density at radius 2 is 1.64 bits per heavy atom. The standard InChI is InChI=1S/C16H10ClFN6O/c17-12-5-1-11(2-6-12)16-21-19-14(25-16)9-24-22-15(20-23-24)10-3-7-13(18)8-4-10/h1-8H,9H2. The second-order valence-electron chi connectivity index (χ2n) is 5.16. The van der Waals surface area contributed by atoms with Gasteiger partial charge in [-0.25, -0.2) is 4.39 Å². The van der Waals surface area contributed by atoms with Gasteiger partial charge in [-0.05, 0) is 53.7 Å². The van der Waals surface area contributed by atoms with E-state index in [4.69, 9.17) is 16.0 Å². The third kappa shape index (κ3) is 3.38. The van der Waals surface area contributed by atoms with Crippen molar-refractivity contribution >= 4 is 11.6 Å². The Hall–Kier alpha value is -3.13. The summed E-state index contributed by atoms with van der Waals surface area (Å²) in [4.78, 5) is 1.33. The zero-order valence-corrected chi connectivity index (χ0v) is 13.4. The molecule has 4 aromatic rings. The van der Waals surface area contributed by atoms with Crippen molar-refractivity contribution < 1.29 is 8.81 Å². The fraction of sp³-hybridized carbons (Fsp3) is 0.0625. The molecule has 0 saturated carbocycles. The lowest BCUT2D eigenvalue weighted by Gasteiger charge is -1.95. The fourth-order valence-corrected chi connectivity index (χ4v) is 2.30. The molecule has 0 aliphatic heterocycles. The molecule has 0 N–H and O–H groups in total. The molecule has 2 heterocycles. The Morgan fingerprint density at radius 3 is 2.40 bits per heavy atom. The molecule has 25 heavy (non-hydrogen) atoms. The van der Waals surface area contributed by atoms with E-state index >= 15 is 0 Å². The van der Waals surface area contributed by atoms with E-state index in [1.54, 1.807) is 36.4 Å². The molecule has 0 spiro atoms. The third-order valence-electron chi connectivity index (χ3n) is 3.39. The highest BCUT2D eigenvalue weighted by Gasteiger charge is 2.12. The van der Waals surface area contributed by atoms with E-state index in [2.05, 4.69) is 25.6 Å². The fourth-order valence-electron chi connectivity index (χ4n) is 2.17. The van der Waals surface area contributed by atoms with Gasteiger partial charge in [0.05, 0.1) is 0 Å². The highest BCUT2D eigenvalue weighted by atomic mass is 35.5. The van der Waals surface area contributed by atoms with Gasteiger partial charge in [0.15, 0.2) is 0 Å². The maximum atomic E-state index is 13.0. The molecule has 2 aromatic heterocycles. The summed E-state index contributed by atoms with van der Waals surface area (Å²) in [7, 11) is 0. The van der Waals surface area contributed by atoms with Crippen molar-refractivity contribution in [3.05, 3.63) is 65.3 Å². The van der Waals surface area contributed by atoms with Gasteiger partial charge in [-0.15, -0.1) is 20.4 Å². The Labute approximate surface area is 146 Å². The van der Waals surface area contributed by atoms with Crippen molar-refractivity contribution in [3.63, 3.8) is 0 Å². The van der Waals surface area contributed by atoms with Crippen LogP contribution < -0.4 is 0 Å². The van der Waals surface area contributed by atoms with E-state index in [0.717, 1.165) is 5.56 Å². The van der Waals surface area contributed by atoms with Crippen LogP contribution in [0.5, 0.6) is 0 Å². The molecule has 0 radical (unpaired) electrons. The maximum absolute atomic E-state index is 13.0. The Bertz CT molecular complexity index is 914. The molecule has 9 heteroatoms. The molecule has 124 valence electrons. The predicted molar refractivity (Wildman–Crippen MR) is 87.1 cm³/mol. The van der Waals surface area contributed by atoms with Crippen molar-refractivity contribution in [2.45, 2.75) is 6.54 Å². The molecule has 0 unspecified atom stereocenters. The summed E-state index contributed by atoms with van der Waals surface area (Å²) in [6.07, 6.45) is 0. The van der Waals surface area contributed by atoms with E-state index in [1.165, 1.54) is 16.9 Å². The normalized spacial score (nSPS) is 11.0. The van der Waals surface area contributed by atoms with Gasteiger partial charge in [-0.1, -0.05) is 11.6 Å². The average molecular weight is 357 g/mol. The second-order valence-corrected chi connectivity index (χ2v) is 5.59. The number of hydrogen-bond acceptors (Lipinski definition) is 6. The number of tetrazole rings is 1. The molecule has 0 aliphatic carbocycles. The minimum absolute atomic E-state index is 0.175. The van der Waals surface area contributed by atoms with Crippen LogP contribution in [0.2, 0.25) is 5.02 Å². The average Bonchev–Trinajstić information content (AvgIpc) is 3.27. The van der Waals surface area contributed by atoms with Crippen molar-refractivity contribution in [2.75, 3.05) is 0 Å². The predicted octanol–water partition coefficient (Wildman–Crippen LogP) is 3.23. The molecule has 0 bridgehead atoms. The van der Waals surface area contributed by atoms with E-state index in [0.29, 0.717) is 28.2 Å². The van der Waals surface area contributed by atoms with E-state index in [1.807, 2.05) is 0 Å². The summed E-state index contributed by atoms with van der Waals surface area (Å²) >= 11 is 5.86. The minimum Gasteiger partial charge on any atom is -0.419 e. The molecule has 4 rings (SSSR count). The van der Waals surface area contributed by atoms with E-state index in [-0.39, 0.29) is 12.4 Å². The Balaban J connectivity index is 1.51. The molecule has 2 aromatic carbocycles. The molecular formula is C16H10ClFN6O. The zero-order chi connectivity index (χ0) is 17.2. The molecule has 0 aliphatic rings. The van der Waals surface area contributed by atoms with Crippen LogP contribution in [0, 0.1) is 5.82 Å². The highest BCUT2D eigenvalue weighted by Crippen LogP contribution is 2.20. The summed E-state index contributed by atoms with van der Waals surface area (Å²) < 4.78 is 18.6. The number of hydrogen-bond donors (Lipinski definition) is 0. The number of rotatable bonds is 4. The largest absolute Gasteiger partial charge is 0.419 e. The van der Waals surface area contributed by atoms with Crippen LogP contribution in [0.15, 0.2) is 52.9 Å². The molecule has 0 saturated heterocycles. The number of benzene rings is 2. The minimum atomic E-state index is -0.322. The zero-order valence-electron chi connectivity index (χ0n) is 12.7. The van der Waals surface area contributed by atoms with Crippen molar-refractivity contribution in [2.24, 2.45) is 0 Å². The summed E-state index contributed by atoms with van der Waals surface area (Å²) in [5.41, 5.74) is 1.43. The van der Waals surface area contributed by atoms with Crippen LogP contribution in [0.3, 0.4) is 0 Å². The summed E-state index contributed by atoms with van der Waals surface area (Å²) in [5, 5.41) is 20.7. The van der Waals surface area contributed by atoms with Gasteiger partial charge < -0.3 is 4.42 Å². The van der Waals surface area contributed by atoms with E-state index in [9.17, 15) is 4.39 Å². The van der Waals surface area contributed by atoms with E-state index < -0.39 is 0 Å². The van der Waals surface area contributed by atoms with Gasteiger partial charge in [0.1, 0.15) is 12.4 Å². The first-order chi connectivity index (χ1) is 12.2. The summed E-state index contributed by atoms with van der Waals surface area (Å²) in [5.74, 6) is 0.785. The number of nitrogens with zero attached hydrogens (tertiary/aromatic N) is 6. The van der Waals surface area contributed by atoms with Gasteiger partial charge in [0.2, 0.25) is 17.6 Å². The lowest BCUT2D eigenvalue weighted by molar-refractivity contribution is 0.446.